The van der Waals surface area contributed by atoms with Gasteiger partial charge in [-0.1, -0.05) is 36.0 Å². The van der Waals surface area contributed by atoms with Crippen molar-refractivity contribution in [3.63, 3.8) is 0 Å². The number of nitrogens with zero attached hydrogens (tertiary/aromatic N) is 4. The molecule has 0 unspecified atom stereocenters. The highest BCUT2D eigenvalue weighted by molar-refractivity contribution is 7.98. The summed E-state index contributed by atoms with van der Waals surface area (Å²) in [7, 11) is 0. The van der Waals surface area contributed by atoms with Crippen molar-refractivity contribution in [1.29, 1.82) is 0 Å². The number of thioether (sulfide) groups is 1. The van der Waals surface area contributed by atoms with Crippen LogP contribution >= 0.6 is 11.8 Å². The standard InChI is InChI=1S/C23H15F2N5OS/c24-13-9-10-19(16(25)11-13)30-22(31)15-6-2-4-8-18(15)28-23(30)32-12-20-27-17-7-3-1-5-14(17)21(26)29-20/h1-11H,12H2,(H2,26,27,29). The van der Waals surface area contributed by atoms with Crippen LogP contribution in [0.2, 0.25) is 0 Å². The van der Waals surface area contributed by atoms with Crippen molar-refractivity contribution >= 4 is 39.4 Å². The van der Waals surface area contributed by atoms with Crippen LogP contribution in [0.1, 0.15) is 5.82 Å². The van der Waals surface area contributed by atoms with E-state index in [1.807, 2.05) is 24.3 Å². The number of rotatable bonds is 4. The van der Waals surface area contributed by atoms with Crippen molar-refractivity contribution < 1.29 is 8.78 Å². The first-order valence-corrected chi connectivity index (χ1v) is 10.6. The molecular formula is C23H15F2N5OS. The van der Waals surface area contributed by atoms with E-state index in [0.29, 0.717) is 28.1 Å². The smallest absolute Gasteiger partial charge is 0.266 e. The van der Waals surface area contributed by atoms with E-state index < -0.39 is 17.2 Å². The van der Waals surface area contributed by atoms with Gasteiger partial charge in [0.25, 0.3) is 5.56 Å². The zero-order chi connectivity index (χ0) is 22.2. The number of nitrogens with two attached hydrogens (primary N) is 1. The van der Waals surface area contributed by atoms with Crippen LogP contribution in [0.3, 0.4) is 0 Å². The molecule has 0 radical (unpaired) electrons. The lowest BCUT2D eigenvalue weighted by molar-refractivity contribution is 0.572. The number of benzene rings is 3. The van der Waals surface area contributed by atoms with E-state index >= 15 is 0 Å². The number of hydrogen-bond donors (Lipinski definition) is 1. The third-order valence-electron chi connectivity index (χ3n) is 4.90. The number of anilines is 1. The van der Waals surface area contributed by atoms with Gasteiger partial charge in [0.15, 0.2) is 5.16 Å². The quantitative estimate of drug-likeness (QED) is 0.323. The van der Waals surface area contributed by atoms with Crippen molar-refractivity contribution in [2.24, 2.45) is 0 Å². The SMILES string of the molecule is Nc1nc(CSc2nc3ccccc3c(=O)n2-c2ccc(F)cc2F)nc2ccccc12. The summed E-state index contributed by atoms with van der Waals surface area (Å²) >= 11 is 1.17. The van der Waals surface area contributed by atoms with Crippen LogP contribution in [0.5, 0.6) is 0 Å². The van der Waals surface area contributed by atoms with Gasteiger partial charge in [-0.2, -0.15) is 0 Å². The number of nitrogen functional groups attached to an aromatic ring is 1. The summed E-state index contributed by atoms with van der Waals surface area (Å²) < 4.78 is 29.2. The van der Waals surface area contributed by atoms with Gasteiger partial charge in [0.05, 0.1) is 27.9 Å². The summed E-state index contributed by atoms with van der Waals surface area (Å²) in [6, 6.07) is 17.2. The highest BCUT2D eigenvalue weighted by atomic mass is 32.2. The molecule has 6 nitrogen and oxygen atoms in total. The lowest BCUT2D eigenvalue weighted by atomic mass is 10.2. The van der Waals surface area contributed by atoms with Crippen molar-refractivity contribution in [2.75, 3.05) is 5.73 Å². The Kier molecular flexibility index (Phi) is 5.02. The molecule has 5 aromatic rings. The Labute approximate surface area is 184 Å². The van der Waals surface area contributed by atoms with Gasteiger partial charge in [-0.25, -0.2) is 23.7 Å². The predicted molar refractivity (Wildman–Crippen MR) is 121 cm³/mol. The lowest BCUT2D eigenvalue weighted by Gasteiger charge is -2.14. The molecule has 158 valence electrons. The normalized spacial score (nSPS) is 11.3. The number of halogens is 2. The fourth-order valence-electron chi connectivity index (χ4n) is 3.43. The number of aromatic nitrogens is 4. The van der Waals surface area contributed by atoms with Crippen molar-refractivity contribution in [3.05, 3.63) is 94.5 Å². The van der Waals surface area contributed by atoms with Gasteiger partial charge < -0.3 is 5.73 Å². The Morgan fingerprint density at radius 2 is 1.56 bits per heavy atom. The Bertz CT molecular complexity index is 1550. The maximum absolute atomic E-state index is 14.6. The molecule has 2 heterocycles. The van der Waals surface area contributed by atoms with Crippen LogP contribution in [-0.4, -0.2) is 19.5 Å². The summed E-state index contributed by atoms with van der Waals surface area (Å²) in [4.78, 5) is 26.6. The van der Waals surface area contributed by atoms with Gasteiger partial charge in [0.1, 0.15) is 23.3 Å². The molecule has 0 atom stereocenters. The first kappa shape index (κ1) is 20.1. The molecule has 0 aliphatic heterocycles. The second-order valence-electron chi connectivity index (χ2n) is 6.98. The minimum atomic E-state index is -0.864. The molecule has 2 N–H and O–H groups in total. The van der Waals surface area contributed by atoms with E-state index in [-0.39, 0.29) is 16.6 Å². The van der Waals surface area contributed by atoms with Gasteiger partial charge in [-0.3, -0.25) is 9.36 Å². The van der Waals surface area contributed by atoms with Gasteiger partial charge >= 0.3 is 0 Å². The average molecular weight is 447 g/mol. The van der Waals surface area contributed by atoms with Crippen LogP contribution in [0.15, 0.2) is 76.7 Å². The highest BCUT2D eigenvalue weighted by Gasteiger charge is 2.17. The summed E-state index contributed by atoms with van der Waals surface area (Å²) in [5.41, 5.74) is 6.69. The first-order chi connectivity index (χ1) is 15.5. The van der Waals surface area contributed by atoms with Gasteiger partial charge in [0, 0.05) is 11.5 Å². The molecular weight excluding hydrogens is 432 g/mol. The van der Waals surface area contributed by atoms with Crippen molar-refractivity contribution in [3.8, 4) is 5.69 Å². The monoisotopic (exact) mass is 447 g/mol. The summed E-state index contributed by atoms with van der Waals surface area (Å²) in [6.45, 7) is 0. The van der Waals surface area contributed by atoms with Gasteiger partial charge in [0.2, 0.25) is 0 Å². The van der Waals surface area contributed by atoms with E-state index in [4.69, 9.17) is 5.73 Å². The predicted octanol–water partition coefficient (Wildman–Crippen LogP) is 4.48. The lowest BCUT2D eigenvalue weighted by Crippen LogP contribution is -2.22. The van der Waals surface area contributed by atoms with Crippen LogP contribution in [-0.2, 0) is 5.75 Å². The molecule has 0 aliphatic rings. The van der Waals surface area contributed by atoms with Crippen LogP contribution in [0.25, 0.3) is 27.5 Å². The van der Waals surface area contributed by atoms with E-state index in [9.17, 15) is 13.6 Å². The molecule has 0 saturated carbocycles. The van der Waals surface area contributed by atoms with Gasteiger partial charge in [-0.05, 0) is 36.4 Å². The minimum absolute atomic E-state index is 0.0869. The van der Waals surface area contributed by atoms with E-state index in [0.717, 1.165) is 22.1 Å². The zero-order valence-corrected chi connectivity index (χ0v) is 17.3. The molecule has 0 bridgehead atoms. The Balaban J connectivity index is 1.62. The molecule has 2 aromatic heterocycles. The molecule has 3 aromatic carbocycles. The third-order valence-corrected chi connectivity index (χ3v) is 5.84. The second kappa shape index (κ2) is 8.01. The maximum Gasteiger partial charge on any atom is 0.266 e. The second-order valence-corrected chi connectivity index (χ2v) is 7.92. The van der Waals surface area contributed by atoms with E-state index in [1.54, 1.807) is 24.3 Å². The Morgan fingerprint density at radius 3 is 2.31 bits per heavy atom. The number of hydrogen-bond acceptors (Lipinski definition) is 6. The first-order valence-electron chi connectivity index (χ1n) is 9.62. The molecule has 5 rings (SSSR count). The molecule has 0 saturated heterocycles. The Hall–Kier alpha value is -3.85. The molecule has 0 aliphatic carbocycles. The van der Waals surface area contributed by atoms with Gasteiger partial charge in [-0.15, -0.1) is 0 Å². The third kappa shape index (κ3) is 3.56. The fraction of sp³-hybridized carbons (Fsp3) is 0.0435. The van der Waals surface area contributed by atoms with Crippen LogP contribution in [0.4, 0.5) is 14.6 Å². The fourth-order valence-corrected chi connectivity index (χ4v) is 4.29. The minimum Gasteiger partial charge on any atom is -0.383 e. The summed E-state index contributed by atoms with van der Waals surface area (Å²) in [5, 5.41) is 1.30. The van der Waals surface area contributed by atoms with Crippen molar-refractivity contribution in [2.45, 2.75) is 10.9 Å². The molecule has 9 heteroatoms. The topological polar surface area (TPSA) is 86.7 Å². The molecule has 0 fully saturated rings. The molecule has 32 heavy (non-hydrogen) atoms. The number of para-hydroxylation sites is 2. The van der Waals surface area contributed by atoms with E-state index in [1.165, 1.54) is 17.8 Å². The zero-order valence-electron chi connectivity index (χ0n) is 16.5. The summed E-state index contributed by atoms with van der Waals surface area (Å²) in [5.74, 6) is -0.568. The maximum atomic E-state index is 14.6. The Morgan fingerprint density at radius 1 is 0.875 bits per heavy atom. The van der Waals surface area contributed by atoms with Crippen LogP contribution in [0, 0.1) is 11.6 Å². The van der Waals surface area contributed by atoms with Crippen LogP contribution < -0.4 is 11.3 Å². The number of fused-ring (bicyclic) bond motifs is 2. The highest BCUT2D eigenvalue weighted by Crippen LogP contribution is 2.26. The molecule has 0 amide bonds. The van der Waals surface area contributed by atoms with Crippen molar-refractivity contribution in [1.82, 2.24) is 19.5 Å². The largest absolute Gasteiger partial charge is 0.383 e. The summed E-state index contributed by atoms with van der Waals surface area (Å²) in [6.07, 6.45) is 0. The molecule has 0 spiro atoms. The average Bonchev–Trinajstić information content (AvgIpc) is 2.79. The van der Waals surface area contributed by atoms with E-state index in [2.05, 4.69) is 15.0 Å².